The lowest BCUT2D eigenvalue weighted by Gasteiger charge is -2.08. The maximum Gasteiger partial charge on any atom is 0.308 e. The molecule has 1 heterocycles. The molecule has 0 atom stereocenters. The largest absolute Gasteiger partial charge is 0.497 e. The van der Waals surface area contributed by atoms with E-state index >= 15 is 0 Å². The number of nitrogens with zero attached hydrogens (tertiary/aromatic N) is 1. The van der Waals surface area contributed by atoms with E-state index in [0.29, 0.717) is 5.75 Å². The Balaban J connectivity index is 2.03. The van der Waals surface area contributed by atoms with Gasteiger partial charge in [-0.15, -0.1) is 0 Å². The molecule has 0 unspecified atom stereocenters. The van der Waals surface area contributed by atoms with Crippen LogP contribution in [0.3, 0.4) is 0 Å². The lowest BCUT2D eigenvalue weighted by Crippen LogP contribution is -2.02. The molecule has 134 valence electrons. The molecule has 1 aromatic heterocycles. The van der Waals surface area contributed by atoms with E-state index in [2.05, 4.69) is 22.9 Å². The van der Waals surface area contributed by atoms with Crippen molar-refractivity contribution >= 4 is 34.5 Å². The number of methoxy groups -OCH3 is 1. The van der Waals surface area contributed by atoms with E-state index in [1.807, 2.05) is 30.3 Å². The molecule has 0 radical (unpaired) electrons. The van der Waals surface area contributed by atoms with Crippen LogP contribution in [0.25, 0.3) is 10.9 Å². The Labute approximate surface area is 158 Å². The van der Waals surface area contributed by atoms with Gasteiger partial charge in [0.1, 0.15) is 11.5 Å². The minimum Gasteiger partial charge on any atom is -0.497 e. The van der Waals surface area contributed by atoms with Gasteiger partial charge in [-0.05, 0) is 53.6 Å². The van der Waals surface area contributed by atoms with Gasteiger partial charge in [0.2, 0.25) is 0 Å². The number of fused-ring (bicyclic) bond motifs is 1. The number of thiocarbonyl (C=S) groups is 1. The first kappa shape index (κ1) is 18.1. The van der Waals surface area contributed by atoms with Crippen molar-refractivity contribution < 1.29 is 14.3 Å². The first-order valence-corrected chi connectivity index (χ1v) is 8.95. The first-order chi connectivity index (χ1) is 12.6. The smallest absolute Gasteiger partial charge is 0.308 e. The van der Waals surface area contributed by atoms with Gasteiger partial charge in [0.05, 0.1) is 12.6 Å². The van der Waals surface area contributed by atoms with Gasteiger partial charge in [0.15, 0.2) is 0 Å². The SMILES string of the molecule is COc1ccc(Cn2cc(CCC=S)c3c(OC(C)=O)cccc32)cc1. The van der Waals surface area contributed by atoms with E-state index in [0.717, 1.165) is 41.6 Å². The molecule has 0 saturated heterocycles. The molecule has 2 aromatic carbocycles. The highest BCUT2D eigenvalue weighted by atomic mass is 32.1. The molecule has 5 heteroatoms. The predicted octanol–water partition coefficient (Wildman–Crippen LogP) is 4.56. The Bertz CT molecular complexity index is 928. The summed E-state index contributed by atoms with van der Waals surface area (Å²) in [6, 6.07) is 13.8. The molecule has 0 spiro atoms. The third-order valence-electron chi connectivity index (χ3n) is 4.24. The summed E-state index contributed by atoms with van der Waals surface area (Å²) in [5, 5.41) is 2.72. The standard InChI is InChI=1S/C21H21NO3S/c1-15(23)25-20-7-3-6-19-21(20)17(5-4-12-26)14-22(19)13-16-8-10-18(24-2)11-9-16/h3,6-12,14H,4-5,13H2,1-2H3. The third-order valence-corrected chi connectivity index (χ3v) is 4.48. The minimum atomic E-state index is -0.318. The van der Waals surface area contributed by atoms with Crippen LogP contribution in [0.5, 0.6) is 11.5 Å². The summed E-state index contributed by atoms with van der Waals surface area (Å²) in [6.07, 6.45) is 3.74. The van der Waals surface area contributed by atoms with E-state index in [1.54, 1.807) is 12.5 Å². The zero-order valence-electron chi connectivity index (χ0n) is 14.9. The molecule has 0 aliphatic carbocycles. The van der Waals surface area contributed by atoms with Crippen molar-refractivity contribution in [2.24, 2.45) is 0 Å². The molecule has 0 fully saturated rings. The van der Waals surface area contributed by atoms with Gasteiger partial charge in [0, 0.05) is 25.1 Å². The van der Waals surface area contributed by atoms with Gasteiger partial charge in [-0.2, -0.15) is 0 Å². The number of esters is 1. The average Bonchev–Trinajstić information content (AvgIpc) is 2.99. The number of benzene rings is 2. The van der Waals surface area contributed by atoms with Crippen LogP contribution in [-0.4, -0.2) is 23.0 Å². The van der Waals surface area contributed by atoms with Gasteiger partial charge in [-0.1, -0.05) is 30.4 Å². The quantitative estimate of drug-likeness (QED) is 0.349. The van der Waals surface area contributed by atoms with Crippen molar-refractivity contribution in [3.63, 3.8) is 0 Å². The molecule has 3 aromatic rings. The van der Waals surface area contributed by atoms with Crippen LogP contribution in [0.15, 0.2) is 48.7 Å². The molecule has 0 bridgehead atoms. The van der Waals surface area contributed by atoms with Crippen molar-refractivity contribution in [1.29, 1.82) is 0 Å². The van der Waals surface area contributed by atoms with E-state index in [9.17, 15) is 4.79 Å². The fourth-order valence-electron chi connectivity index (χ4n) is 3.11. The van der Waals surface area contributed by atoms with Gasteiger partial charge >= 0.3 is 5.97 Å². The number of rotatable bonds is 7. The van der Waals surface area contributed by atoms with Gasteiger partial charge in [0.25, 0.3) is 0 Å². The molecule has 0 saturated carbocycles. The molecule has 0 aliphatic rings. The summed E-state index contributed by atoms with van der Waals surface area (Å²) in [6.45, 7) is 2.14. The van der Waals surface area contributed by atoms with Crippen molar-refractivity contribution in [3.8, 4) is 11.5 Å². The van der Waals surface area contributed by atoms with E-state index in [1.165, 1.54) is 12.5 Å². The molecule has 26 heavy (non-hydrogen) atoms. The number of aryl methyl sites for hydroxylation is 1. The summed E-state index contributed by atoms with van der Waals surface area (Å²) < 4.78 is 12.8. The summed E-state index contributed by atoms with van der Waals surface area (Å²) in [5.74, 6) is 1.12. The van der Waals surface area contributed by atoms with Crippen LogP contribution in [-0.2, 0) is 17.8 Å². The zero-order chi connectivity index (χ0) is 18.5. The number of aromatic nitrogens is 1. The Kier molecular flexibility index (Phi) is 5.68. The van der Waals surface area contributed by atoms with E-state index in [4.69, 9.17) is 21.7 Å². The second kappa shape index (κ2) is 8.15. The van der Waals surface area contributed by atoms with Crippen molar-refractivity contribution in [1.82, 2.24) is 4.57 Å². The van der Waals surface area contributed by atoms with E-state index < -0.39 is 0 Å². The average molecular weight is 367 g/mol. The van der Waals surface area contributed by atoms with Gasteiger partial charge < -0.3 is 14.0 Å². The zero-order valence-corrected chi connectivity index (χ0v) is 15.7. The molecule has 0 amide bonds. The summed E-state index contributed by atoms with van der Waals surface area (Å²) >= 11 is 4.98. The van der Waals surface area contributed by atoms with Crippen molar-refractivity contribution in [2.75, 3.05) is 7.11 Å². The maximum atomic E-state index is 11.5. The summed E-state index contributed by atoms with van der Waals surface area (Å²) in [7, 11) is 1.66. The second-order valence-electron chi connectivity index (χ2n) is 6.08. The van der Waals surface area contributed by atoms with Gasteiger partial charge in [-0.25, -0.2) is 0 Å². The van der Waals surface area contributed by atoms with Crippen LogP contribution in [0.2, 0.25) is 0 Å². The number of carbonyl (C=O) groups is 1. The maximum absolute atomic E-state index is 11.5. The topological polar surface area (TPSA) is 40.5 Å². The highest BCUT2D eigenvalue weighted by molar-refractivity contribution is 7.78. The number of hydrogen-bond donors (Lipinski definition) is 0. The van der Waals surface area contributed by atoms with Crippen LogP contribution < -0.4 is 9.47 Å². The second-order valence-corrected chi connectivity index (χ2v) is 6.41. The molecule has 0 N–H and O–H groups in total. The Hall–Kier alpha value is -2.66. The molecule has 3 rings (SSSR count). The summed E-state index contributed by atoms with van der Waals surface area (Å²) in [4.78, 5) is 11.5. The summed E-state index contributed by atoms with van der Waals surface area (Å²) in [5.41, 5.74) is 3.34. The minimum absolute atomic E-state index is 0.318. The van der Waals surface area contributed by atoms with Crippen LogP contribution in [0.1, 0.15) is 24.5 Å². The van der Waals surface area contributed by atoms with Crippen molar-refractivity contribution in [2.45, 2.75) is 26.3 Å². The first-order valence-electron chi connectivity index (χ1n) is 8.48. The van der Waals surface area contributed by atoms with Crippen LogP contribution >= 0.6 is 12.2 Å². The Morgan fingerprint density at radius 3 is 2.62 bits per heavy atom. The molecular formula is C21H21NO3S. The Morgan fingerprint density at radius 1 is 1.19 bits per heavy atom. The molecular weight excluding hydrogens is 346 g/mol. The fraction of sp³-hybridized carbons (Fsp3) is 0.238. The lowest BCUT2D eigenvalue weighted by molar-refractivity contribution is -0.131. The predicted molar refractivity (Wildman–Crippen MR) is 107 cm³/mol. The highest BCUT2D eigenvalue weighted by Crippen LogP contribution is 2.32. The van der Waals surface area contributed by atoms with Crippen LogP contribution in [0, 0.1) is 0 Å². The highest BCUT2D eigenvalue weighted by Gasteiger charge is 2.14. The number of ether oxygens (including phenoxy) is 2. The lowest BCUT2D eigenvalue weighted by atomic mass is 10.1. The Morgan fingerprint density at radius 2 is 1.96 bits per heavy atom. The number of hydrogen-bond acceptors (Lipinski definition) is 4. The fourth-order valence-corrected chi connectivity index (χ4v) is 3.22. The third kappa shape index (κ3) is 3.94. The van der Waals surface area contributed by atoms with E-state index in [-0.39, 0.29) is 5.97 Å². The monoisotopic (exact) mass is 367 g/mol. The number of carbonyl (C=O) groups excluding carboxylic acids is 1. The van der Waals surface area contributed by atoms with Gasteiger partial charge in [-0.3, -0.25) is 4.79 Å². The molecule has 0 aliphatic heterocycles. The normalized spacial score (nSPS) is 10.7. The molecule has 4 nitrogen and oxygen atoms in total. The van der Waals surface area contributed by atoms with Crippen molar-refractivity contribution in [3.05, 3.63) is 59.8 Å². The van der Waals surface area contributed by atoms with Crippen LogP contribution in [0.4, 0.5) is 0 Å².